The first-order valence-electron chi connectivity index (χ1n) is 13.7. The Hall–Kier alpha value is -3.69. The first kappa shape index (κ1) is 31.3. The summed E-state index contributed by atoms with van der Waals surface area (Å²) in [7, 11) is 3.58. The molecule has 0 atom stereocenters. The van der Waals surface area contributed by atoms with Gasteiger partial charge in [0, 0.05) is 24.2 Å². The maximum Gasteiger partial charge on any atom is 0.416 e. The summed E-state index contributed by atoms with van der Waals surface area (Å²) in [5.74, 6) is 5.45. The molecule has 1 fully saturated rings. The fourth-order valence-corrected chi connectivity index (χ4v) is 5.65. The molecule has 3 aromatic rings. The van der Waals surface area contributed by atoms with E-state index in [1.807, 2.05) is 6.07 Å². The molecule has 4 rings (SSSR count). The Kier molecular flexibility index (Phi) is 9.43. The number of nitrogens with zero attached hydrogens (tertiary/aromatic N) is 3. The van der Waals surface area contributed by atoms with Crippen molar-refractivity contribution < 1.29 is 27.5 Å². The van der Waals surface area contributed by atoms with E-state index in [9.17, 15) is 22.8 Å². The van der Waals surface area contributed by atoms with Gasteiger partial charge in [-0.15, -0.1) is 11.3 Å². The monoisotopic (exact) mass is 603 g/mol. The van der Waals surface area contributed by atoms with Gasteiger partial charge in [0.05, 0.1) is 22.6 Å². The van der Waals surface area contributed by atoms with Gasteiger partial charge in [-0.2, -0.15) is 13.2 Å². The van der Waals surface area contributed by atoms with Crippen molar-refractivity contribution in [3.05, 3.63) is 47.0 Å². The number of anilines is 2. The first-order valence-corrected chi connectivity index (χ1v) is 14.5. The van der Waals surface area contributed by atoms with Crippen molar-refractivity contribution in [3.8, 4) is 11.8 Å². The lowest BCUT2D eigenvalue weighted by molar-refractivity contribution is -0.140. The minimum absolute atomic E-state index is 0.156. The summed E-state index contributed by atoms with van der Waals surface area (Å²) >= 11 is 1.09. The van der Waals surface area contributed by atoms with E-state index in [0.717, 1.165) is 47.5 Å². The highest BCUT2D eigenvalue weighted by Crippen LogP contribution is 2.32. The van der Waals surface area contributed by atoms with Crippen molar-refractivity contribution in [2.45, 2.75) is 58.0 Å². The van der Waals surface area contributed by atoms with Crippen molar-refractivity contribution in [2.75, 3.05) is 43.9 Å². The minimum Gasteiger partial charge on any atom is -0.443 e. The lowest BCUT2D eigenvalue weighted by Gasteiger charge is -2.30. The highest BCUT2D eigenvalue weighted by Gasteiger charge is 2.30. The van der Waals surface area contributed by atoms with Gasteiger partial charge in [0.25, 0.3) is 5.91 Å². The zero-order chi connectivity index (χ0) is 30.7. The van der Waals surface area contributed by atoms with Gasteiger partial charge in [0.2, 0.25) is 0 Å². The van der Waals surface area contributed by atoms with Crippen molar-refractivity contribution in [3.63, 3.8) is 0 Å². The zero-order valence-electron chi connectivity index (χ0n) is 24.4. The Labute approximate surface area is 247 Å². The first-order chi connectivity index (χ1) is 19.7. The number of likely N-dealkylation sites (tertiary alicyclic amines) is 1. The largest absolute Gasteiger partial charge is 0.443 e. The molecule has 1 saturated heterocycles. The summed E-state index contributed by atoms with van der Waals surface area (Å²) in [4.78, 5) is 29.1. The average Bonchev–Trinajstić information content (AvgIpc) is 3.51. The number of ether oxygens (including phenoxy) is 1. The number of fused-ring (bicyclic) bond motifs is 1. The minimum atomic E-state index is -4.46. The summed E-state index contributed by atoms with van der Waals surface area (Å²) in [6.07, 6.45) is -3.26. The van der Waals surface area contributed by atoms with Crippen LogP contribution in [0.15, 0.2) is 36.4 Å². The number of piperidine rings is 1. The summed E-state index contributed by atoms with van der Waals surface area (Å²) in [5.41, 5.74) is 0.579. The quantitative estimate of drug-likeness (QED) is 0.342. The molecule has 0 spiro atoms. The van der Waals surface area contributed by atoms with Crippen LogP contribution < -0.4 is 15.5 Å². The molecule has 0 radical (unpaired) electrons. The van der Waals surface area contributed by atoms with Crippen LogP contribution in [0.3, 0.4) is 0 Å². The predicted molar refractivity (Wildman–Crippen MR) is 160 cm³/mol. The second kappa shape index (κ2) is 12.7. The molecule has 2 amide bonds. The third-order valence-corrected chi connectivity index (χ3v) is 7.84. The molecule has 42 heavy (non-hydrogen) atoms. The van der Waals surface area contributed by atoms with Crippen LogP contribution in [-0.4, -0.2) is 73.0 Å². The number of rotatable bonds is 6. The van der Waals surface area contributed by atoms with E-state index in [-0.39, 0.29) is 24.2 Å². The maximum atomic E-state index is 13.7. The Morgan fingerprint density at radius 2 is 1.86 bits per heavy atom. The van der Waals surface area contributed by atoms with Crippen LogP contribution in [0.4, 0.5) is 28.7 Å². The zero-order valence-corrected chi connectivity index (χ0v) is 25.2. The van der Waals surface area contributed by atoms with Gasteiger partial charge in [0.1, 0.15) is 17.1 Å². The molecule has 0 unspecified atom stereocenters. The third kappa shape index (κ3) is 7.98. The van der Waals surface area contributed by atoms with Crippen molar-refractivity contribution in [1.82, 2.24) is 14.8 Å². The van der Waals surface area contributed by atoms with E-state index in [4.69, 9.17) is 4.74 Å². The van der Waals surface area contributed by atoms with Gasteiger partial charge >= 0.3 is 12.3 Å². The number of halogens is 3. The number of hydrogen-bond donors (Lipinski definition) is 2. The highest BCUT2D eigenvalue weighted by molar-refractivity contribution is 7.18. The van der Waals surface area contributed by atoms with E-state index < -0.39 is 24.4 Å². The second-order valence-electron chi connectivity index (χ2n) is 11.3. The van der Waals surface area contributed by atoms with Gasteiger partial charge in [-0.3, -0.25) is 9.69 Å². The number of benzene rings is 1. The van der Waals surface area contributed by atoms with Gasteiger partial charge in [-0.05, 0) is 90.0 Å². The van der Waals surface area contributed by atoms with E-state index in [1.165, 1.54) is 11.9 Å². The maximum absolute atomic E-state index is 13.7. The topological polar surface area (TPSA) is 78.8 Å². The van der Waals surface area contributed by atoms with Crippen LogP contribution in [0.1, 0.15) is 49.0 Å². The molecule has 0 bridgehead atoms. The standard InChI is InChI=1S/C30H36F3N5O3S/c1-29(2,3)41-28(40)37(26-12-11-25(42-26)27(39)34-4)15-7-8-21-18-22-23(35-20-13-16-36(5)17-14-20)9-6-10-24(22)38(21)19-30(31,32)33/h6,9-12,18,20,35H,13-17,19H2,1-5H3,(H,34,39). The van der Waals surface area contributed by atoms with Gasteiger partial charge in [0.15, 0.2) is 0 Å². The number of carbonyl (C=O) groups is 2. The number of aromatic nitrogens is 1. The van der Waals surface area contributed by atoms with E-state index >= 15 is 0 Å². The lowest BCUT2D eigenvalue weighted by Crippen LogP contribution is -2.36. The average molecular weight is 604 g/mol. The number of alkyl halides is 3. The van der Waals surface area contributed by atoms with Gasteiger partial charge < -0.3 is 24.8 Å². The summed E-state index contributed by atoms with van der Waals surface area (Å²) in [6.45, 7) is 5.72. The molecule has 1 aromatic carbocycles. The molecular weight excluding hydrogens is 567 g/mol. The molecule has 1 aliphatic heterocycles. The van der Waals surface area contributed by atoms with Crippen LogP contribution in [0.5, 0.6) is 0 Å². The Bertz CT molecular complexity index is 1490. The predicted octanol–water partition coefficient (Wildman–Crippen LogP) is 5.92. The summed E-state index contributed by atoms with van der Waals surface area (Å²) in [6, 6.07) is 10.4. The molecule has 12 heteroatoms. The molecule has 0 saturated carbocycles. The van der Waals surface area contributed by atoms with Crippen LogP contribution in [0, 0.1) is 11.8 Å². The van der Waals surface area contributed by atoms with Crippen LogP contribution in [0.2, 0.25) is 0 Å². The number of carbonyl (C=O) groups excluding carboxylic acids is 2. The number of nitrogens with one attached hydrogen (secondary N) is 2. The van der Waals surface area contributed by atoms with Crippen molar-refractivity contribution >= 4 is 44.9 Å². The lowest BCUT2D eigenvalue weighted by atomic mass is 10.0. The van der Waals surface area contributed by atoms with Gasteiger partial charge in [-0.25, -0.2) is 4.79 Å². The second-order valence-corrected chi connectivity index (χ2v) is 12.3. The fraction of sp³-hybridized carbons (Fsp3) is 0.467. The number of thiophene rings is 1. The Morgan fingerprint density at radius 1 is 1.14 bits per heavy atom. The molecule has 226 valence electrons. The number of hydrogen-bond acceptors (Lipinski definition) is 6. The Balaban J connectivity index is 1.68. The van der Waals surface area contributed by atoms with E-state index in [1.54, 1.807) is 51.1 Å². The van der Waals surface area contributed by atoms with Crippen molar-refractivity contribution in [2.24, 2.45) is 0 Å². The molecule has 1 aliphatic rings. The van der Waals surface area contributed by atoms with Crippen molar-refractivity contribution in [1.29, 1.82) is 0 Å². The molecule has 3 heterocycles. The Morgan fingerprint density at radius 3 is 2.50 bits per heavy atom. The third-order valence-electron chi connectivity index (χ3n) is 6.74. The highest BCUT2D eigenvalue weighted by atomic mass is 32.1. The fourth-order valence-electron chi connectivity index (χ4n) is 4.71. The molecule has 2 N–H and O–H groups in total. The summed E-state index contributed by atoms with van der Waals surface area (Å²) < 4.78 is 47.7. The molecule has 2 aromatic heterocycles. The van der Waals surface area contributed by atoms with Crippen LogP contribution in [0.25, 0.3) is 10.9 Å². The molecular formula is C30H36F3N5O3S. The molecule has 0 aliphatic carbocycles. The SMILES string of the molecule is CNC(=O)c1ccc(N(CC#Cc2cc3c(NC4CCN(C)CC4)cccc3n2CC(F)(F)F)C(=O)OC(C)(C)C)s1. The summed E-state index contributed by atoms with van der Waals surface area (Å²) in [5, 5.41) is 7.15. The van der Waals surface area contributed by atoms with Crippen LogP contribution in [-0.2, 0) is 11.3 Å². The van der Waals surface area contributed by atoms with E-state index in [2.05, 4.69) is 34.4 Å². The molecule has 8 nitrogen and oxygen atoms in total. The smallest absolute Gasteiger partial charge is 0.416 e. The number of amides is 2. The van der Waals surface area contributed by atoms with E-state index in [0.29, 0.717) is 20.8 Å². The van der Waals surface area contributed by atoms with Crippen LogP contribution >= 0.6 is 11.3 Å². The van der Waals surface area contributed by atoms with Gasteiger partial charge in [-0.1, -0.05) is 12.0 Å². The normalized spacial score (nSPS) is 14.8.